The van der Waals surface area contributed by atoms with Crippen LogP contribution in [-0.4, -0.2) is 36.4 Å². The summed E-state index contributed by atoms with van der Waals surface area (Å²) in [6, 6.07) is 0. The zero-order chi connectivity index (χ0) is 35.0. The molecule has 0 bridgehead atoms. The quantitative estimate of drug-likeness (QED) is 0.0454. The highest BCUT2D eigenvalue weighted by molar-refractivity contribution is 5.70. The van der Waals surface area contributed by atoms with Gasteiger partial charge in [-0.2, -0.15) is 0 Å². The number of allylic oxidation sites excluding steroid dienone is 18. The molecule has 268 valence electrons. The second-order valence-corrected chi connectivity index (χ2v) is 11.5. The minimum atomic E-state index is -0.814. The van der Waals surface area contributed by atoms with Gasteiger partial charge in [0.15, 0.2) is 6.10 Å². The van der Waals surface area contributed by atoms with E-state index < -0.39 is 6.10 Å². The van der Waals surface area contributed by atoms with Crippen molar-refractivity contribution >= 4 is 11.9 Å². The number of hydrogen-bond acceptors (Lipinski definition) is 5. The van der Waals surface area contributed by atoms with Crippen LogP contribution < -0.4 is 0 Å². The Morgan fingerprint density at radius 3 is 1.25 bits per heavy atom. The molecule has 48 heavy (non-hydrogen) atoms. The van der Waals surface area contributed by atoms with E-state index in [1.54, 1.807) is 0 Å². The van der Waals surface area contributed by atoms with E-state index in [2.05, 4.69) is 123 Å². The van der Waals surface area contributed by atoms with Crippen molar-refractivity contribution in [2.75, 3.05) is 13.2 Å². The fraction of sp³-hybridized carbons (Fsp3) is 0.535. The number of esters is 2. The van der Waals surface area contributed by atoms with Gasteiger partial charge in [-0.3, -0.25) is 9.59 Å². The molecule has 5 nitrogen and oxygen atoms in total. The molecule has 0 fully saturated rings. The Morgan fingerprint density at radius 2 is 0.833 bits per heavy atom. The molecule has 0 saturated heterocycles. The minimum Gasteiger partial charge on any atom is -0.462 e. The van der Waals surface area contributed by atoms with Crippen LogP contribution in [0.1, 0.15) is 129 Å². The fourth-order valence-corrected chi connectivity index (χ4v) is 4.33. The zero-order valence-electron chi connectivity index (χ0n) is 30.2. The zero-order valence-corrected chi connectivity index (χ0v) is 30.2. The van der Waals surface area contributed by atoms with Gasteiger partial charge in [0, 0.05) is 12.8 Å². The van der Waals surface area contributed by atoms with Crippen LogP contribution in [0.25, 0.3) is 0 Å². The van der Waals surface area contributed by atoms with Crippen molar-refractivity contribution in [2.45, 2.75) is 136 Å². The first-order chi connectivity index (χ1) is 23.6. The summed E-state index contributed by atoms with van der Waals surface area (Å²) in [6.45, 7) is 3.81. The smallest absolute Gasteiger partial charge is 0.306 e. The van der Waals surface area contributed by atoms with Gasteiger partial charge in [0.1, 0.15) is 6.61 Å². The van der Waals surface area contributed by atoms with Crippen molar-refractivity contribution in [3.05, 3.63) is 109 Å². The Hall–Kier alpha value is -3.44. The summed E-state index contributed by atoms with van der Waals surface area (Å²) in [4.78, 5) is 24.2. The average molecular weight is 663 g/mol. The SMILES string of the molecule is CC/C=C/C/C=C/C/C=C/C/C=C/C/C=C/CCCCCC(=O)OC[C@H](CO)OC(=O)CCCC/C=C/C/C=C/C/C=C/C/C=C/CC. The van der Waals surface area contributed by atoms with Crippen molar-refractivity contribution in [3.8, 4) is 0 Å². The molecule has 0 unspecified atom stereocenters. The number of aliphatic hydroxyl groups is 1. The van der Waals surface area contributed by atoms with E-state index in [0.717, 1.165) is 96.3 Å². The second-order valence-electron chi connectivity index (χ2n) is 11.5. The maximum absolute atomic E-state index is 12.1. The molecular formula is C43H66O5. The lowest BCUT2D eigenvalue weighted by atomic mass is 10.1. The molecule has 0 radical (unpaired) electrons. The Morgan fingerprint density at radius 1 is 0.479 bits per heavy atom. The van der Waals surface area contributed by atoms with E-state index in [1.165, 1.54) is 0 Å². The first-order valence-corrected chi connectivity index (χ1v) is 18.4. The van der Waals surface area contributed by atoms with Gasteiger partial charge < -0.3 is 14.6 Å². The largest absolute Gasteiger partial charge is 0.462 e. The lowest BCUT2D eigenvalue weighted by molar-refractivity contribution is -0.161. The molecule has 0 aromatic heterocycles. The van der Waals surface area contributed by atoms with Gasteiger partial charge in [-0.15, -0.1) is 0 Å². The van der Waals surface area contributed by atoms with Crippen LogP contribution >= 0.6 is 0 Å². The molecule has 0 aromatic carbocycles. The van der Waals surface area contributed by atoms with Gasteiger partial charge in [0.05, 0.1) is 6.61 Å². The number of hydrogen-bond donors (Lipinski definition) is 1. The number of unbranched alkanes of at least 4 members (excludes halogenated alkanes) is 5. The van der Waals surface area contributed by atoms with Crippen LogP contribution in [0.15, 0.2) is 109 Å². The van der Waals surface area contributed by atoms with E-state index in [0.29, 0.717) is 12.8 Å². The van der Waals surface area contributed by atoms with Crippen molar-refractivity contribution < 1.29 is 24.2 Å². The van der Waals surface area contributed by atoms with E-state index in [-0.39, 0.29) is 31.6 Å². The number of carbonyl (C=O) groups excluding carboxylic acids is 2. The molecule has 5 heteroatoms. The molecule has 0 aliphatic carbocycles. The third-order valence-corrected chi connectivity index (χ3v) is 7.06. The maximum atomic E-state index is 12.1. The van der Waals surface area contributed by atoms with Gasteiger partial charge in [-0.25, -0.2) is 0 Å². The molecule has 0 rings (SSSR count). The van der Waals surface area contributed by atoms with Gasteiger partial charge in [0.2, 0.25) is 0 Å². The average Bonchev–Trinajstić information content (AvgIpc) is 3.09. The van der Waals surface area contributed by atoms with Crippen LogP contribution in [0, 0.1) is 0 Å². The predicted molar refractivity (Wildman–Crippen MR) is 205 cm³/mol. The van der Waals surface area contributed by atoms with E-state index >= 15 is 0 Å². The predicted octanol–water partition coefficient (Wildman–Crippen LogP) is 11.5. The highest BCUT2D eigenvalue weighted by Gasteiger charge is 2.15. The molecule has 0 aliphatic rings. The molecule has 0 amide bonds. The third-order valence-electron chi connectivity index (χ3n) is 7.06. The summed E-state index contributed by atoms with van der Waals surface area (Å²) in [5, 5.41) is 9.53. The second kappa shape index (κ2) is 38.0. The van der Waals surface area contributed by atoms with Crippen LogP contribution in [0.5, 0.6) is 0 Å². The molecule has 0 saturated carbocycles. The molecule has 0 aromatic rings. The summed E-state index contributed by atoms with van der Waals surface area (Å²) in [5.74, 6) is -0.692. The van der Waals surface area contributed by atoms with E-state index in [9.17, 15) is 14.7 Å². The number of carbonyl (C=O) groups is 2. The molecule has 0 aliphatic heterocycles. The molecule has 0 spiro atoms. The number of rotatable bonds is 31. The van der Waals surface area contributed by atoms with E-state index in [1.807, 2.05) is 0 Å². The summed E-state index contributed by atoms with van der Waals surface area (Å²) >= 11 is 0. The molecular weight excluding hydrogens is 596 g/mol. The third kappa shape index (κ3) is 35.4. The highest BCUT2D eigenvalue weighted by Crippen LogP contribution is 2.08. The Kier molecular flexibility index (Phi) is 35.3. The fourth-order valence-electron chi connectivity index (χ4n) is 4.33. The van der Waals surface area contributed by atoms with Gasteiger partial charge in [-0.05, 0) is 96.3 Å². The van der Waals surface area contributed by atoms with Crippen LogP contribution in [-0.2, 0) is 19.1 Å². The van der Waals surface area contributed by atoms with E-state index in [4.69, 9.17) is 9.47 Å². The molecule has 0 heterocycles. The van der Waals surface area contributed by atoms with Crippen molar-refractivity contribution in [3.63, 3.8) is 0 Å². The molecule has 1 atom stereocenters. The van der Waals surface area contributed by atoms with Crippen molar-refractivity contribution in [1.82, 2.24) is 0 Å². The summed E-state index contributed by atoms with van der Waals surface area (Å²) in [5.41, 5.74) is 0. The first kappa shape index (κ1) is 44.6. The lowest BCUT2D eigenvalue weighted by Crippen LogP contribution is -2.28. The maximum Gasteiger partial charge on any atom is 0.306 e. The summed E-state index contributed by atoms with van der Waals surface area (Å²) < 4.78 is 10.5. The molecule has 1 N–H and O–H groups in total. The minimum absolute atomic E-state index is 0.108. The van der Waals surface area contributed by atoms with Crippen LogP contribution in [0.2, 0.25) is 0 Å². The van der Waals surface area contributed by atoms with Gasteiger partial charge in [0.25, 0.3) is 0 Å². The Labute approximate surface area is 293 Å². The lowest BCUT2D eigenvalue weighted by Gasteiger charge is -2.15. The standard InChI is InChI=1S/C43H66O5/c1-3-5-7-9-11-13-15-17-19-20-21-22-24-25-27-29-31-33-35-37-42(45)47-40-41(39-44)48-43(46)38-36-34-32-30-28-26-23-18-16-14-12-10-8-6-4-2/h5-8,11-14,17-19,21-23,25,27-28,30,41,44H,3-4,9-10,15-16,20,24,26,29,31-40H2,1-2H3/b7-5+,8-6+,13-11+,14-12+,19-17+,22-21+,23-18+,27-25+,30-28+/t41-/m0/s1. The van der Waals surface area contributed by atoms with Crippen molar-refractivity contribution in [1.29, 1.82) is 0 Å². The number of aliphatic hydroxyl groups excluding tert-OH is 1. The summed E-state index contributed by atoms with van der Waals surface area (Å²) in [6.07, 6.45) is 54.3. The van der Waals surface area contributed by atoms with Crippen LogP contribution in [0.3, 0.4) is 0 Å². The summed E-state index contributed by atoms with van der Waals surface area (Å²) in [7, 11) is 0. The highest BCUT2D eigenvalue weighted by atomic mass is 16.6. The van der Waals surface area contributed by atoms with Crippen LogP contribution in [0.4, 0.5) is 0 Å². The Bertz CT molecular complexity index is 1020. The van der Waals surface area contributed by atoms with Gasteiger partial charge in [-0.1, -0.05) is 130 Å². The topological polar surface area (TPSA) is 72.8 Å². The number of ether oxygens (including phenoxy) is 2. The monoisotopic (exact) mass is 662 g/mol. The van der Waals surface area contributed by atoms with Gasteiger partial charge >= 0.3 is 11.9 Å². The first-order valence-electron chi connectivity index (χ1n) is 18.4. The normalized spacial score (nSPS) is 13.5. The van der Waals surface area contributed by atoms with Crippen molar-refractivity contribution in [2.24, 2.45) is 0 Å². The Balaban J connectivity index is 3.76.